The number of rotatable bonds is 7. The predicted molar refractivity (Wildman–Crippen MR) is 67.6 cm³/mol. The van der Waals surface area contributed by atoms with Gasteiger partial charge in [0, 0.05) is 18.4 Å². The molecular weight excluding hydrogens is 232 g/mol. The highest BCUT2D eigenvalue weighted by atomic mass is 16.5. The number of ketones is 1. The second-order valence-electron chi connectivity index (χ2n) is 3.83. The molecule has 4 nitrogen and oxygen atoms in total. The molecule has 0 heterocycles. The third-order valence-corrected chi connectivity index (χ3v) is 2.50. The summed E-state index contributed by atoms with van der Waals surface area (Å²) in [6.45, 7) is 2.46. The third kappa shape index (κ3) is 4.57. The van der Waals surface area contributed by atoms with Crippen molar-refractivity contribution in [3.8, 4) is 5.75 Å². The van der Waals surface area contributed by atoms with E-state index in [2.05, 4.69) is 4.74 Å². The molecule has 4 heteroatoms. The number of para-hydroxylation sites is 1. The molecule has 0 saturated carbocycles. The van der Waals surface area contributed by atoms with E-state index >= 15 is 0 Å². The number of ether oxygens (including phenoxy) is 2. The minimum Gasteiger partial charge on any atom is -0.494 e. The number of carbonyl (C=O) groups is 2. The van der Waals surface area contributed by atoms with Crippen LogP contribution in [0.15, 0.2) is 24.3 Å². The molecular formula is C14H18O4. The molecule has 0 aromatic heterocycles. The monoisotopic (exact) mass is 250 g/mol. The van der Waals surface area contributed by atoms with Crippen LogP contribution >= 0.6 is 0 Å². The summed E-state index contributed by atoms with van der Waals surface area (Å²) in [6, 6.07) is 7.44. The van der Waals surface area contributed by atoms with Crippen LogP contribution in [0.4, 0.5) is 0 Å². The van der Waals surface area contributed by atoms with E-state index < -0.39 is 0 Å². The summed E-state index contributed by atoms with van der Waals surface area (Å²) in [5.74, 6) is 0.375. The summed E-state index contributed by atoms with van der Waals surface area (Å²) in [6.07, 6.45) is 0.617. The van der Waals surface area contributed by atoms with Crippen LogP contribution in [0.1, 0.15) is 25.3 Å². The Hall–Kier alpha value is -1.84. The van der Waals surface area contributed by atoms with E-state index in [4.69, 9.17) is 4.74 Å². The molecule has 0 bridgehead atoms. The Labute approximate surface area is 107 Å². The largest absolute Gasteiger partial charge is 0.494 e. The van der Waals surface area contributed by atoms with Gasteiger partial charge in [-0.2, -0.15) is 0 Å². The lowest BCUT2D eigenvalue weighted by atomic mass is 10.0. The van der Waals surface area contributed by atoms with Crippen molar-refractivity contribution in [2.45, 2.75) is 26.2 Å². The highest BCUT2D eigenvalue weighted by Gasteiger charge is 2.10. The number of carbonyl (C=O) groups excluding carboxylic acids is 2. The van der Waals surface area contributed by atoms with Crippen molar-refractivity contribution in [3.05, 3.63) is 29.8 Å². The van der Waals surface area contributed by atoms with Gasteiger partial charge in [0.15, 0.2) is 0 Å². The molecule has 0 atom stereocenters. The fourth-order valence-electron chi connectivity index (χ4n) is 1.59. The first-order valence-corrected chi connectivity index (χ1v) is 5.96. The summed E-state index contributed by atoms with van der Waals surface area (Å²) in [4.78, 5) is 22.7. The Kier molecular flexibility index (Phi) is 5.91. The average molecular weight is 250 g/mol. The summed E-state index contributed by atoms with van der Waals surface area (Å²) < 4.78 is 9.94. The van der Waals surface area contributed by atoms with Gasteiger partial charge < -0.3 is 9.47 Å². The zero-order valence-corrected chi connectivity index (χ0v) is 10.8. The van der Waals surface area contributed by atoms with Crippen molar-refractivity contribution < 1.29 is 19.1 Å². The van der Waals surface area contributed by atoms with E-state index in [0.717, 1.165) is 11.3 Å². The number of methoxy groups -OCH3 is 1. The highest BCUT2D eigenvalue weighted by molar-refractivity contribution is 5.85. The fraction of sp³-hybridized carbons (Fsp3) is 0.429. The average Bonchev–Trinajstić information content (AvgIpc) is 2.38. The SMILES string of the molecule is CCOc1ccccc1CC(=O)CCC(=O)OC. The van der Waals surface area contributed by atoms with Crippen LogP contribution in [0, 0.1) is 0 Å². The van der Waals surface area contributed by atoms with Crippen molar-refractivity contribution in [1.29, 1.82) is 0 Å². The molecule has 0 aliphatic heterocycles. The molecule has 0 radical (unpaired) electrons. The van der Waals surface area contributed by atoms with Gasteiger partial charge in [0.2, 0.25) is 0 Å². The van der Waals surface area contributed by atoms with Crippen molar-refractivity contribution >= 4 is 11.8 Å². The molecule has 1 rings (SSSR count). The number of benzene rings is 1. The van der Waals surface area contributed by atoms with Crippen LogP contribution in [0.5, 0.6) is 5.75 Å². The topological polar surface area (TPSA) is 52.6 Å². The van der Waals surface area contributed by atoms with E-state index in [1.54, 1.807) is 0 Å². The quantitative estimate of drug-likeness (QED) is 0.696. The van der Waals surface area contributed by atoms with E-state index in [1.165, 1.54) is 7.11 Å². The van der Waals surface area contributed by atoms with Gasteiger partial charge in [0.1, 0.15) is 11.5 Å². The standard InChI is InChI=1S/C14H18O4/c1-3-18-13-7-5-4-6-11(13)10-12(15)8-9-14(16)17-2/h4-7H,3,8-10H2,1-2H3. The summed E-state index contributed by atoms with van der Waals surface area (Å²) in [5, 5.41) is 0. The summed E-state index contributed by atoms with van der Waals surface area (Å²) in [5.41, 5.74) is 0.856. The molecule has 0 saturated heterocycles. The van der Waals surface area contributed by atoms with E-state index in [0.29, 0.717) is 6.61 Å². The van der Waals surface area contributed by atoms with Crippen LogP contribution in [0.25, 0.3) is 0 Å². The molecule has 0 unspecified atom stereocenters. The second kappa shape index (κ2) is 7.48. The Morgan fingerprint density at radius 2 is 1.89 bits per heavy atom. The Morgan fingerprint density at radius 1 is 1.17 bits per heavy atom. The molecule has 0 aliphatic carbocycles. The molecule has 0 spiro atoms. The Bertz CT molecular complexity index is 412. The van der Waals surface area contributed by atoms with Crippen LogP contribution in [0.3, 0.4) is 0 Å². The van der Waals surface area contributed by atoms with Crippen molar-refractivity contribution in [1.82, 2.24) is 0 Å². The normalized spacial score (nSPS) is 9.89. The van der Waals surface area contributed by atoms with Crippen LogP contribution in [-0.2, 0) is 20.7 Å². The molecule has 0 amide bonds. The second-order valence-corrected chi connectivity index (χ2v) is 3.83. The molecule has 98 valence electrons. The van der Waals surface area contributed by atoms with E-state index in [1.807, 2.05) is 31.2 Å². The zero-order chi connectivity index (χ0) is 13.4. The minimum absolute atomic E-state index is 0.00699. The third-order valence-electron chi connectivity index (χ3n) is 2.50. The fourth-order valence-corrected chi connectivity index (χ4v) is 1.59. The van der Waals surface area contributed by atoms with Gasteiger partial charge in [-0.05, 0) is 13.0 Å². The van der Waals surface area contributed by atoms with Gasteiger partial charge in [-0.25, -0.2) is 0 Å². The minimum atomic E-state index is -0.360. The number of hydrogen-bond donors (Lipinski definition) is 0. The first kappa shape index (κ1) is 14.2. The first-order chi connectivity index (χ1) is 8.67. The van der Waals surface area contributed by atoms with Gasteiger partial charge in [-0.3, -0.25) is 9.59 Å². The number of esters is 1. The zero-order valence-electron chi connectivity index (χ0n) is 10.8. The van der Waals surface area contributed by atoms with Crippen molar-refractivity contribution in [2.24, 2.45) is 0 Å². The lowest BCUT2D eigenvalue weighted by Crippen LogP contribution is -2.09. The predicted octanol–water partition coefficient (Wildman–Crippen LogP) is 2.15. The van der Waals surface area contributed by atoms with Gasteiger partial charge in [0.05, 0.1) is 20.1 Å². The van der Waals surface area contributed by atoms with Crippen molar-refractivity contribution in [2.75, 3.05) is 13.7 Å². The first-order valence-electron chi connectivity index (χ1n) is 5.96. The van der Waals surface area contributed by atoms with Crippen LogP contribution in [-0.4, -0.2) is 25.5 Å². The van der Waals surface area contributed by atoms with Crippen molar-refractivity contribution in [3.63, 3.8) is 0 Å². The molecule has 0 aliphatic rings. The highest BCUT2D eigenvalue weighted by Crippen LogP contribution is 2.19. The van der Waals surface area contributed by atoms with E-state index in [-0.39, 0.29) is 31.0 Å². The number of hydrogen-bond acceptors (Lipinski definition) is 4. The summed E-state index contributed by atoms with van der Waals surface area (Å²) >= 11 is 0. The molecule has 0 fully saturated rings. The van der Waals surface area contributed by atoms with Crippen LogP contribution in [0.2, 0.25) is 0 Å². The van der Waals surface area contributed by atoms with Gasteiger partial charge in [-0.15, -0.1) is 0 Å². The Balaban J connectivity index is 2.56. The molecule has 18 heavy (non-hydrogen) atoms. The smallest absolute Gasteiger partial charge is 0.305 e. The lowest BCUT2D eigenvalue weighted by molar-refractivity contribution is -0.141. The van der Waals surface area contributed by atoms with Crippen LogP contribution < -0.4 is 4.74 Å². The van der Waals surface area contributed by atoms with Gasteiger partial charge in [-0.1, -0.05) is 18.2 Å². The molecule has 1 aromatic rings. The maximum Gasteiger partial charge on any atom is 0.305 e. The van der Waals surface area contributed by atoms with Gasteiger partial charge in [0.25, 0.3) is 0 Å². The molecule has 1 aromatic carbocycles. The lowest BCUT2D eigenvalue weighted by Gasteiger charge is -2.09. The Morgan fingerprint density at radius 3 is 2.56 bits per heavy atom. The maximum absolute atomic E-state index is 11.7. The molecule has 0 N–H and O–H groups in total. The maximum atomic E-state index is 11.7. The van der Waals surface area contributed by atoms with E-state index in [9.17, 15) is 9.59 Å². The summed E-state index contributed by atoms with van der Waals surface area (Å²) in [7, 11) is 1.32. The van der Waals surface area contributed by atoms with Gasteiger partial charge >= 0.3 is 5.97 Å². The number of Topliss-reactive ketones (excluding diaryl/α,β-unsaturated/α-hetero) is 1.